The highest BCUT2D eigenvalue weighted by atomic mass is 15.0. The van der Waals surface area contributed by atoms with Crippen molar-refractivity contribution in [2.45, 2.75) is 45.1 Å². The zero-order valence-electron chi connectivity index (χ0n) is 10.3. The van der Waals surface area contributed by atoms with E-state index in [9.17, 15) is 0 Å². The highest BCUT2D eigenvalue weighted by Gasteiger charge is 2.28. The van der Waals surface area contributed by atoms with Gasteiger partial charge in [-0.15, -0.1) is 0 Å². The van der Waals surface area contributed by atoms with Gasteiger partial charge >= 0.3 is 0 Å². The molecule has 1 saturated carbocycles. The normalized spacial score (nSPS) is 16.9. The summed E-state index contributed by atoms with van der Waals surface area (Å²) in [5.41, 5.74) is 3.13. The van der Waals surface area contributed by atoms with Crippen molar-refractivity contribution < 1.29 is 0 Å². The minimum atomic E-state index is 0.236. The second kappa shape index (κ2) is 3.13. The summed E-state index contributed by atoms with van der Waals surface area (Å²) in [5, 5.41) is 1.43. The maximum atomic E-state index is 2.48. The van der Waals surface area contributed by atoms with E-state index in [-0.39, 0.29) is 5.41 Å². The van der Waals surface area contributed by atoms with Gasteiger partial charge in [-0.3, -0.25) is 0 Å². The van der Waals surface area contributed by atoms with Crippen molar-refractivity contribution in [2.75, 3.05) is 0 Å². The van der Waals surface area contributed by atoms with Crippen LogP contribution < -0.4 is 0 Å². The smallest absolute Gasteiger partial charge is 0.0485 e. The van der Waals surface area contributed by atoms with Gasteiger partial charge in [-0.05, 0) is 29.9 Å². The van der Waals surface area contributed by atoms with Gasteiger partial charge in [-0.25, -0.2) is 0 Å². The van der Waals surface area contributed by atoms with E-state index in [0.717, 1.165) is 6.04 Å². The number of aromatic nitrogens is 1. The lowest BCUT2D eigenvalue weighted by Gasteiger charge is -2.17. The quantitative estimate of drug-likeness (QED) is 0.666. The Bertz CT molecular complexity index is 524. The Morgan fingerprint density at radius 2 is 1.81 bits per heavy atom. The van der Waals surface area contributed by atoms with E-state index >= 15 is 0 Å². The monoisotopic (exact) mass is 213 g/mol. The number of nitrogens with zero attached hydrogens (tertiary/aromatic N) is 1. The van der Waals surface area contributed by atoms with E-state index in [4.69, 9.17) is 0 Å². The molecule has 1 aromatic heterocycles. The predicted molar refractivity (Wildman–Crippen MR) is 68.9 cm³/mol. The van der Waals surface area contributed by atoms with Crippen molar-refractivity contribution in [3.63, 3.8) is 0 Å². The van der Waals surface area contributed by atoms with Crippen LogP contribution in [0.15, 0.2) is 30.5 Å². The molecule has 0 radical (unpaired) electrons. The molecule has 0 amide bonds. The third kappa shape index (κ3) is 1.46. The second-order valence-electron chi connectivity index (χ2n) is 5.95. The zero-order chi connectivity index (χ0) is 11.3. The van der Waals surface area contributed by atoms with Gasteiger partial charge in [0.1, 0.15) is 0 Å². The maximum absolute atomic E-state index is 2.48. The van der Waals surface area contributed by atoms with Gasteiger partial charge in [0.2, 0.25) is 0 Å². The van der Waals surface area contributed by atoms with Crippen LogP contribution >= 0.6 is 0 Å². The second-order valence-corrected chi connectivity index (χ2v) is 5.95. The first-order valence-electron chi connectivity index (χ1n) is 6.17. The Labute approximate surface area is 97.1 Å². The number of rotatable bonds is 1. The van der Waals surface area contributed by atoms with Crippen LogP contribution in [0.3, 0.4) is 0 Å². The molecule has 0 aliphatic heterocycles. The molecular formula is C15H19N. The third-order valence-corrected chi connectivity index (χ3v) is 3.49. The number of hydrogen-bond donors (Lipinski definition) is 0. The van der Waals surface area contributed by atoms with Crippen LogP contribution in [-0.4, -0.2) is 4.57 Å². The molecule has 0 spiro atoms. The van der Waals surface area contributed by atoms with E-state index in [1.807, 2.05) is 0 Å². The minimum absolute atomic E-state index is 0.236. The lowest BCUT2D eigenvalue weighted by atomic mass is 9.87. The van der Waals surface area contributed by atoms with Gasteiger partial charge in [0.15, 0.2) is 0 Å². The SMILES string of the molecule is CC(C)(C)c1cn(C2CC2)c2ccccc12. The van der Waals surface area contributed by atoms with Crippen molar-refractivity contribution in [2.24, 2.45) is 0 Å². The van der Waals surface area contributed by atoms with Gasteiger partial charge in [-0.1, -0.05) is 39.0 Å². The fraction of sp³-hybridized carbons (Fsp3) is 0.467. The van der Waals surface area contributed by atoms with E-state index in [1.165, 1.54) is 29.3 Å². The number of hydrogen-bond acceptors (Lipinski definition) is 0. The Hall–Kier alpha value is -1.24. The Balaban J connectivity index is 2.29. The molecule has 1 fully saturated rings. The van der Waals surface area contributed by atoms with Crippen LogP contribution in [0, 0.1) is 0 Å². The first-order chi connectivity index (χ1) is 7.57. The number of benzene rings is 1. The van der Waals surface area contributed by atoms with Gasteiger partial charge in [0, 0.05) is 23.1 Å². The molecule has 0 saturated heterocycles. The summed E-state index contributed by atoms with van der Waals surface area (Å²) in [6.07, 6.45) is 5.08. The summed E-state index contributed by atoms with van der Waals surface area (Å²) in [5.74, 6) is 0. The summed E-state index contributed by atoms with van der Waals surface area (Å²) in [6, 6.07) is 9.57. The topological polar surface area (TPSA) is 4.93 Å². The van der Waals surface area contributed by atoms with Gasteiger partial charge < -0.3 is 4.57 Å². The van der Waals surface area contributed by atoms with Crippen molar-refractivity contribution in [1.82, 2.24) is 4.57 Å². The summed E-state index contributed by atoms with van der Waals surface area (Å²) >= 11 is 0. The largest absolute Gasteiger partial charge is 0.344 e. The van der Waals surface area contributed by atoms with Crippen LogP contribution in [0.5, 0.6) is 0 Å². The molecule has 1 nitrogen and oxygen atoms in total. The molecule has 84 valence electrons. The Kier molecular flexibility index (Phi) is 1.95. The molecule has 1 heterocycles. The summed E-state index contributed by atoms with van der Waals surface area (Å²) in [4.78, 5) is 0. The molecule has 0 unspecified atom stereocenters. The molecule has 0 bridgehead atoms. The molecule has 0 N–H and O–H groups in total. The highest BCUT2D eigenvalue weighted by molar-refractivity contribution is 5.85. The zero-order valence-corrected chi connectivity index (χ0v) is 10.3. The van der Waals surface area contributed by atoms with E-state index in [2.05, 4.69) is 55.8 Å². The van der Waals surface area contributed by atoms with E-state index in [1.54, 1.807) is 0 Å². The molecule has 0 atom stereocenters. The average Bonchev–Trinajstić information content (AvgIpc) is 2.97. The molecule has 1 aromatic carbocycles. The van der Waals surface area contributed by atoms with Crippen molar-refractivity contribution in [1.29, 1.82) is 0 Å². The fourth-order valence-electron chi connectivity index (χ4n) is 2.46. The average molecular weight is 213 g/mol. The molecule has 3 rings (SSSR count). The number of para-hydroxylation sites is 1. The first kappa shape index (κ1) is 9.95. The van der Waals surface area contributed by atoms with Gasteiger partial charge in [0.05, 0.1) is 0 Å². The van der Waals surface area contributed by atoms with Crippen molar-refractivity contribution in [3.05, 3.63) is 36.0 Å². The van der Waals surface area contributed by atoms with Crippen LogP contribution in [0.1, 0.15) is 45.2 Å². The maximum Gasteiger partial charge on any atom is 0.0485 e. The Morgan fingerprint density at radius 1 is 1.12 bits per heavy atom. The Morgan fingerprint density at radius 3 is 2.44 bits per heavy atom. The molecule has 1 aliphatic carbocycles. The highest BCUT2D eigenvalue weighted by Crippen LogP contribution is 2.41. The standard InChI is InChI=1S/C15H19N/c1-15(2,3)13-10-16(11-8-9-11)14-7-5-4-6-12(13)14/h4-7,10-11H,8-9H2,1-3H3. The van der Waals surface area contributed by atoms with Crippen LogP contribution in [-0.2, 0) is 5.41 Å². The lowest BCUT2D eigenvalue weighted by Crippen LogP contribution is -2.10. The van der Waals surface area contributed by atoms with Crippen LogP contribution in [0.2, 0.25) is 0 Å². The predicted octanol–water partition coefficient (Wildman–Crippen LogP) is 4.27. The summed E-state index contributed by atoms with van der Waals surface area (Å²) < 4.78 is 2.48. The molecule has 16 heavy (non-hydrogen) atoms. The molecular weight excluding hydrogens is 194 g/mol. The summed E-state index contributed by atoms with van der Waals surface area (Å²) in [7, 11) is 0. The van der Waals surface area contributed by atoms with Crippen molar-refractivity contribution >= 4 is 10.9 Å². The third-order valence-electron chi connectivity index (χ3n) is 3.49. The van der Waals surface area contributed by atoms with Gasteiger partial charge in [0.25, 0.3) is 0 Å². The molecule has 1 heteroatoms. The lowest BCUT2D eigenvalue weighted by molar-refractivity contribution is 0.590. The molecule has 1 aliphatic rings. The van der Waals surface area contributed by atoms with Crippen molar-refractivity contribution in [3.8, 4) is 0 Å². The van der Waals surface area contributed by atoms with Crippen LogP contribution in [0.25, 0.3) is 10.9 Å². The van der Waals surface area contributed by atoms with Gasteiger partial charge in [-0.2, -0.15) is 0 Å². The molecule has 2 aromatic rings. The summed E-state index contributed by atoms with van der Waals surface area (Å²) in [6.45, 7) is 6.89. The number of fused-ring (bicyclic) bond motifs is 1. The minimum Gasteiger partial charge on any atom is -0.344 e. The van der Waals surface area contributed by atoms with Crippen LogP contribution in [0.4, 0.5) is 0 Å². The van der Waals surface area contributed by atoms with E-state index < -0.39 is 0 Å². The van der Waals surface area contributed by atoms with E-state index in [0.29, 0.717) is 0 Å². The first-order valence-corrected chi connectivity index (χ1v) is 6.17. The fourth-order valence-corrected chi connectivity index (χ4v) is 2.46.